The molecule has 7 heteroatoms. The van der Waals surface area contributed by atoms with Gasteiger partial charge >= 0.3 is 0 Å². The number of anilines is 2. The van der Waals surface area contributed by atoms with Crippen LogP contribution in [0.4, 0.5) is 11.4 Å². The molecule has 1 aliphatic carbocycles. The summed E-state index contributed by atoms with van der Waals surface area (Å²) in [5.41, 5.74) is 3.16. The Kier molecular flexibility index (Phi) is 5.67. The van der Waals surface area contributed by atoms with E-state index in [0.29, 0.717) is 11.4 Å². The van der Waals surface area contributed by atoms with Gasteiger partial charge in [-0.1, -0.05) is 18.9 Å². The molecular formula is C19H24N2O3S2. The average Bonchev–Trinajstić information content (AvgIpc) is 2.91. The number of hydrogen-bond acceptors (Lipinski definition) is 4. The molecule has 0 unspecified atom stereocenters. The highest BCUT2D eigenvalue weighted by atomic mass is 32.2. The summed E-state index contributed by atoms with van der Waals surface area (Å²) in [6.45, 7) is 1.82. The Morgan fingerprint density at radius 2 is 1.81 bits per heavy atom. The van der Waals surface area contributed by atoms with Gasteiger partial charge in [-0.15, -0.1) is 11.3 Å². The molecule has 3 rings (SSSR count). The van der Waals surface area contributed by atoms with Crippen molar-refractivity contribution in [2.75, 3.05) is 16.3 Å². The minimum Gasteiger partial charge on any atom is -0.321 e. The number of rotatable bonds is 4. The molecule has 1 aliphatic rings. The predicted molar refractivity (Wildman–Crippen MR) is 108 cm³/mol. The fourth-order valence-electron chi connectivity index (χ4n) is 3.16. The topological polar surface area (TPSA) is 75.3 Å². The van der Waals surface area contributed by atoms with E-state index in [4.69, 9.17) is 0 Å². The highest BCUT2D eigenvalue weighted by molar-refractivity contribution is 7.92. The van der Waals surface area contributed by atoms with Crippen LogP contribution in [-0.4, -0.2) is 20.6 Å². The number of sulfonamides is 1. The lowest BCUT2D eigenvalue weighted by Crippen LogP contribution is -2.13. The third-order valence-electron chi connectivity index (χ3n) is 4.51. The van der Waals surface area contributed by atoms with E-state index < -0.39 is 10.0 Å². The number of aryl methyl sites for hydroxylation is 3. The zero-order valence-corrected chi connectivity index (χ0v) is 16.7. The fraction of sp³-hybridized carbons (Fsp3) is 0.421. The molecule has 1 aromatic carbocycles. The first kappa shape index (κ1) is 18.9. The van der Waals surface area contributed by atoms with Crippen molar-refractivity contribution in [3.8, 4) is 0 Å². The molecule has 0 spiro atoms. The summed E-state index contributed by atoms with van der Waals surface area (Å²) in [6.07, 6.45) is 8.11. The van der Waals surface area contributed by atoms with Crippen LogP contribution in [-0.2, 0) is 22.9 Å². The van der Waals surface area contributed by atoms with E-state index in [9.17, 15) is 13.2 Å². The SMILES string of the molecule is Cc1ccc(NC(=O)c2cc3c(s2)CCCCCC3)cc1NS(C)(=O)=O. The van der Waals surface area contributed by atoms with Gasteiger partial charge in [0.1, 0.15) is 0 Å². The van der Waals surface area contributed by atoms with Gasteiger partial charge in [-0.3, -0.25) is 9.52 Å². The maximum Gasteiger partial charge on any atom is 0.265 e. The van der Waals surface area contributed by atoms with E-state index in [2.05, 4.69) is 10.0 Å². The third-order valence-corrected chi connectivity index (χ3v) is 6.34. The lowest BCUT2D eigenvalue weighted by atomic mass is 10.00. The number of amides is 1. The summed E-state index contributed by atoms with van der Waals surface area (Å²) >= 11 is 1.58. The van der Waals surface area contributed by atoms with E-state index in [1.165, 1.54) is 36.1 Å². The third kappa shape index (κ3) is 4.86. The number of carbonyl (C=O) groups excluding carboxylic acids is 1. The molecule has 1 heterocycles. The van der Waals surface area contributed by atoms with Crippen molar-refractivity contribution >= 4 is 38.6 Å². The number of fused-ring (bicyclic) bond motifs is 1. The Labute approximate surface area is 158 Å². The summed E-state index contributed by atoms with van der Waals surface area (Å²) in [4.78, 5) is 14.7. The molecule has 0 saturated heterocycles. The number of carbonyl (C=O) groups is 1. The highest BCUT2D eigenvalue weighted by Gasteiger charge is 2.16. The average molecular weight is 393 g/mol. The molecule has 0 aliphatic heterocycles. The minimum atomic E-state index is -3.37. The Balaban J connectivity index is 1.78. The van der Waals surface area contributed by atoms with E-state index >= 15 is 0 Å². The zero-order valence-electron chi connectivity index (χ0n) is 15.1. The van der Waals surface area contributed by atoms with Crippen molar-refractivity contribution in [2.45, 2.75) is 45.4 Å². The van der Waals surface area contributed by atoms with Crippen molar-refractivity contribution in [2.24, 2.45) is 0 Å². The van der Waals surface area contributed by atoms with Crippen molar-refractivity contribution in [3.63, 3.8) is 0 Å². The summed E-state index contributed by atoms with van der Waals surface area (Å²) in [6, 6.07) is 7.24. The first-order valence-electron chi connectivity index (χ1n) is 8.83. The Morgan fingerprint density at radius 3 is 2.54 bits per heavy atom. The number of nitrogens with one attached hydrogen (secondary N) is 2. The van der Waals surface area contributed by atoms with Crippen molar-refractivity contribution in [1.82, 2.24) is 0 Å². The van der Waals surface area contributed by atoms with Crippen molar-refractivity contribution < 1.29 is 13.2 Å². The Morgan fingerprint density at radius 1 is 1.08 bits per heavy atom. The highest BCUT2D eigenvalue weighted by Crippen LogP contribution is 2.29. The van der Waals surface area contributed by atoms with Crippen molar-refractivity contribution in [3.05, 3.63) is 45.1 Å². The number of benzene rings is 1. The van der Waals surface area contributed by atoms with E-state index in [0.717, 1.165) is 29.5 Å². The quantitative estimate of drug-likeness (QED) is 0.813. The molecule has 0 radical (unpaired) electrons. The second-order valence-corrected chi connectivity index (χ2v) is 9.72. The van der Waals surface area contributed by atoms with Gasteiger partial charge in [-0.25, -0.2) is 8.42 Å². The van der Waals surface area contributed by atoms with E-state index in [1.54, 1.807) is 29.5 Å². The smallest absolute Gasteiger partial charge is 0.265 e. The molecule has 2 aromatic rings. The van der Waals surface area contributed by atoms with Gasteiger partial charge in [0.05, 0.1) is 16.8 Å². The van der Waals surface area contributed by atoms with E-state index in [-0.39, 0.29) is 5.91 Å². The summed E-state index contributed by atoms with van der Waals surface area (Å²) < 4.78 is 25.4. The maximum absolute atomic E-state index is 12.6. The first-order chi connectivity index (χ1) is 12.3. The molecule has 5 nitrogen and oxygen atoms in total. The molecule has 0 bridgehead atoms. The molecular weight excluding hydrogens is 368 g/mol. The number of thiophene rings is 1. The largest absolute Gasteiger partial charge is 0.321 e. The zero-order chi connectivity index (χ0) is 18.7. The van der Waals surface area contributed by atoms with Crippen LogP contribution in [0.15, 0.2) is 24.3 Å². The van der Waals surface area contributed by atoms with Crippen LogP contribution >= 0.6 is 11.3 Å². The Hall–Kier alpha value is -1.86. The first-order valence-corrected chi connectivity index (χ1v) is 11.5. The van der Waals surface area contributed by atoms with Crippen LogP contribution in [0.25, 0.3) is 0 Å². The second kappa shape index (κ2) is 7.80. The normalized spacial score (nSPS) is 14.8. The van der Waals surface area contributed by atoms with Crippen LogP contribution in [0.2, 0.25) is 0 Å². The fourth-order valence-corrected chi connectivity index (χ4v) is 4.93. The Bertz CT molecular complexity index is 891. The lowest BCUT2D eigenvalue weighted by molar-refractivity contribution is 0.103. The standard InChI is InChI=1S/C19H24N2O3S2/c1-13-9-10-15(12-16(13)21-26(2,23)24)20-19(22)18-11-14-7-5-3-4-6-8-17(14)25-18/h9-12,21H,3-8H2,1-2H3,(H,20,22). The van der Waals surface area contributed by atoms with Gasteiger partial charge in [0.15, 0.2) is 0 Å². The van der Waals surface area contributed by atoms with Gasteiger partial charge < -0.3 is 5.32 Å². The molecule has 1 amide bonds. The van der Waals surface area contributed by atoms with Gasteiger partial charge in [0.2, 0.25) is 10.0 Å². The minimum absolute atomic E-state index is 0.143. The van der Waals surface area contributed by atoms with Crippen LogP contribution in [0.5, 0.6) is 0 Å². The van der Waals surface area contributed by atoms with Crippen LogP contribution in [0.1, 0.15) is 51.4 Å². The molecule has 1 aromatic heterocycles. The molecule has 26 heavy (non-hydrogen) atoms. The molecule has 140 valence electrons. The van der Waals surface area contributed by atoms with Gasteiger partial charge in [-0.2, -0.15) is 0 Å². The molecule has 0 fully saturated rings. The summed E-state index contributed by atoms with van der Waals surface area (Å²) in [7, 11) is -3.37. The van der Waals surface area contributed by atoms with E-state index in [1.807, 2.05) is 13.0 Å². The molecule has 2 N–H and O–H groups in total. The van der Waals surface area contributed by atoms with Gasteiger partial charge in [0.25, 0.3) is 5.91 Å². The second-order valence-electron chi connectivity index (χ2n) is 6.83. The summed E-state index contributed by atoms with van der Waals surface area (Å²) in [5.74, 6) is -0.143. The van der Waals surface area contributed by atoms with Gasteiger partial charge in [0, 0.05) is 10.6 Å². The number of hydrogen-bond donors (Lipinski definition) is 2. The van der Waals surface area contributed by atoms with Gasteiger partial charge in [-0.05, 0) is 61.9 Å². The van der Waals surface area contributed by atoms with Crippen LogP contribution < -0.4 is 10.0 Å². The van der Waals surface area contributed by atoms with Crippen molar-refractivity contribution in [1.29, 1.82) is 0 Å². The van der Waals surface area contributed by atoms with Crippen LogP contribution in [0, 0.1) is 6.92 Å². The predicted octanol–water partition coefficient (Wildman–Crippen LogP) is 4.34. The summed E-state index contributed by atoms with van der Waals surface area (Å²) in [5, 5.41) is 2.89. The monoisotopic (exact) mass is 392 g/mol. The lowest BCUT2D eigenvalue weighted by Gasteiger charge is -2.10. The molecule has 0 atom stereocenters. The maximum atomic E-state index is 12.6. The molecule has 0 saturated carbocycles. The van der Waals surface area contributed by atoms with Crippen LogP contribution in [0.3, 0.4) is 0 Å².